The number of ether oxygens (including phenoxy) is 3. The summed E-state index contributed by atoms with van der Waals surface area (Å²) >= 11 is 0. The van der Waals surface area contributed by atoms with Crippen LogP contribution in [-0.2, 0) is 11.8 Å². The van der Waals surface area contributed by atoms with E-state index in [1.54, 1.807) is 13.2 Å². The average Bonchev–Trinajstić information content (AvgIpc) is 2.77. The first kappa shape index (κ1) is 19.2. The van der Waals surface area contributed by atoms with Crippen LogP contribution >= 0.6 is 0 Å². The lowest BCUT2D eigenvalue weighted by molar-refractivity contribution is -0.0110. The summed E-state index contributed by atoms with van der Waals surface area (Å²) in [6.45, 7) is 1.43. The van der Waals surface area contributed by atoms with Gasteiger partial charge in [0, 0.05) is 26.0 Å². The Morgan fingerprint density at radius 1 is 1.03 bits per heavy atom. The molecule has 2 aromatic carbocycles. The van der Waals surface area contributed by atoms with Crippen LogP contribution in [0.3, 0.4) is 0 Å². The van der Waals surface area contributed by atoms with Crippen LogP contribution in [0.4, 0.5) is 0 Å². The van der Waals surface area contributed by atoms with Crippen molar-refractivity contribution in [3.05, 3.63) is 71.3 Å². The highest BCUT2D eigenvalue weighted by Gasteiger charge is 2.14. The second-order valence-corrected chi connectivity index (χ2v) is 7.10. The topological polar surface area (TPSA) is 62.6 Å². The second-order valence-electron chi connectivity index (χ2n) is 7.10. The van der Waals surface area contributed by atoms with Crippen LogP contribution in [0.1, 0.15) is 19.3 Å². The van der Waals surface area contributed by atoms with E-state index in [2.05, 4.69) is 4.98 Å². The summed E-state index contributed by atoms with van der Waals surface area (Å²) < 4.78 is 18.6. The molecule has 1 saturated heterocycles. The maximum Gasteiger partial charge on any atom is 0.313 e. The fourth-order valence-corrected chi connectivity index (χ4v) is 3.24. The van der Waals surface area contributed by atoms with Gasteiger partial charge in [0.15, 0.2) is 0 Å². The predicted molar refractivity (Wildman–Crippen MR) is 111 cm³/mol. The average molecular weight is 392 g/mol. The van der Waals surface area contributed by atoms with Gasteiger partial charge in [-0.1, -0.05) is 24.3 Å². The summed E-state index contributed by atoms with van der Waals surface area (Å²) in [5, 5.41) is 0. The van der Waals surface area contributed by atoms with Gasteiger partial charge >= 0.3 is 5.56 Å². The van der Waals surface area contributed by atoms with E-state index < -0.39 is 0 Å². The largest absolute Gasteiger partial charge is 0.491 e. The first-order valence-corrected chi connectivity index (χ1v) is 9.83. The molecule has 3 aromatic rings. The van der Waals surface area contributed by atoms with E-state index in [-0.39, 0.29) is 17.5 Å². The molecular weight excluding hydrogens is 368 g/mol. The number of benzene rings is 2. The molecule has 0 radical (unpaired) electrons. The van der Waals surface area contributed by atoms with Crippen molar-refractivity contribution in [3.63, 3.8) is 0 Å². The van der Waals surface area contributed by atoms with Gasteiger partial charge in [-0.15, -0.1) is 0 Å². The number of aryl methyl sites for hydroxylation is 1. The van der Waals surface area contributed by atoms with E-state index in [9.17, 15) is 4.79 Å². The van der Waals surface area contributed by atoms with Crippen molar-refractivity contribution in [3.8, 4) is 28.5 Å². The Morgan fingerprint density at radius 2 is 1.72 bits per heavy atom. The molecule has 0 N–H and O–H groups in total. The van der Waals surface area contributed by atoms with E-state index in [1.807, 2.05) is 48.5 Å². The first-order valence-electron chi connectivity index (χ1n) is 9.83. The van der Waals surface area contributed by atoms with Gasteiger partial charge < -0.3 is 18.8 Å². The van der Waals surface area contributed by atoms with Crippen molar-refractivity contribution in [1.29, 1.82) is 0 Å². The summed E-state index contributed by atoms with van der Waals surface area (Å²) in [6, 6.07) is 15.6. The summed E-state index contributed by atoms with van der Waals surface area (Å²) in [6.07, 6.45) is 6.75. The third-order valence-electron chi connectivity index (χ3n) is 4.95. The van der Waals surface area contributed by atoms with Crippen LogP contribution in [0.2, 0.25) is 0 Å². The smallest absolute Gasteiger partial charge is 0.313 e. The molecule has 2 heterocycles. The van der Waals surface area contributed by atoms with Crippen LogP contribution in [0.15, 0.2) is 65.7 Å². The van der Waals surface area contributed by atoms with E-state index in [0.717, 1.165) is 36.3 Å². The van der Waals surface area contributed by atoms with Crippen LogP contribution in [0.5, 0.6) is 17.4 Å². The van der Waals surface area contributed by atoms with Crippen molar-refractivity contribution < 1.29 is 14.2 Å². The first-order chi connectivity index (χ1) is 14.2. The molecule has 6 heteroatoms. The van der Waals surface area contributed by atoms with E-state index >= 15 is 0 Å². The molecule has 0 bridgehead atoms. The molecule has 1 fully saturated rings. The summed E-state index contributed by atoms with van der Waals surface area (Å²) in [5.74, 6) is 1.47. The SMILES string of the molecule is Cn1ccnc(Oc2ccc(-c3ccc(OCC4CCCCO4)cc3)cc2)c1=O. The molecule has 1 aliphatic rings. The summed E-state index contributed by atoms with van der Waals surface area (Å²) in [5.41, 5.74) is 1.85. The molecule has 0 saturated carbocycles. The van der Waals surface area contributed by atoms with E-state index in [1.165, 1.54) is 17.2 Å². The highest BCUT2D eigenvalue weighted by molar-refractivity contribution is 5.65. The Morgan fingerprint density at radius 3 is 2.38 bits per heavy atom. The third kappa shape index (κ3) is 4.84. The van der Waals surface area contributed by atoms with Crippen molar-refractivity contribution in [2.24, 2.45) is 7.05 Å². The zero-order valence-corrected chi connectivity index (χ0v) is 16.4. The third-order valence-corrected chi connectivity index (χ3v) is 4.95. The number of rotatable bonds is 6. The van der Waals surface area contributed by atoms with E-state index in [0.29, 0.717) is 12.4 Å². The maximum atomic E-state index is 12.0. The molecule has 1 aromatic heterocycles. The fourth-order valence-electron chi connectivity index (χ4n) is 3.24. The maximum absolute atomic E-state index is 12.0. The Labute approximate surface area is 169 Å². The van der Waals surface area contributed by atoms with Crippen LogP contribution < -0.4 is 15.0 Å². The minimum absolute atomic E-state index is 0.0613. The van der Waals surface area contributed by atoms with Gasteiger partial charge in [0.1, 0.15) is 18.1 Å². The minimum Gasteiger partial charge on any atom is -0.491 e. The van der Waals surface area contributed by atoms with Crippen LogP contribution in [0.25, 0.3) is 11.1 Å². The Balaban J connectivity index is 1.38. The van der Waals surface area contributed by atoms with Crippen molar-refractivity contribution in [2.75, 3.05) is 13.2 Å². The van der Waals surface area contributed by atoms with Gasteiger partial charge in [-0.2, -0.15) is 0 Å². The molecule has 0 amide bonds. The Kier molecular flexibility index (Phi) is 5.91. The van der Waals surface area contributed by atoms with Crippen molar-refractivity contribution in [1.82, 2.24) is 9.55 Å². The Hall–Kier alpha value is -3.12. The van der Waals surface area contributed by atoms with Gasteiger partial charge in [-0.05, 0) is 54.7 Å². The molecule has 1 atom stereocenters. The molecule has 0 spiro atoms. The standard InChI is InChI=1S/C23H24N2O4/c1-25-14-13-24-22(23(25)26)29-20-11-7-18(8-12-20)17-5-9-19(10-6-17)28-16-21-4-2-3-15-27-21/h5-14,21H,2-4,15-16H2,1H3. The van der Waals surface area contributed by atoms with Crippen LogP contribution in [0, 0.1) is 0 Å². The molecule has 0 aliphatic carbocycles. The molecule has 4 rings (SSSR count). The summed E-state index contributed by atoms with van der Waals surface area (Å²) in [7, 11) is 1.66. The number of nitrogens with zero attached hydrogens (tertiary/aromatic N) is 2. The van der Waals surface area contributed by atoms with Gasteiger partial charge in [0.2, 0.25) is 0 Å². The monoisotopic (exact) mass is 392 g/mol. The quantitative estimate of drug-likeness (QED) is 0.630. The lowest BCUT2D eigenvalue weighted by atomic mass is 10.1. The minimum atomic E-state index is -0.272. The molecule has 1 aliphatic heterocycles. The second kappa shape index (κ2) is 8.92. The molecule has 1 unspecified atom stereocenters. The molecule has 150 valence electrons. The van der Waals surface area contributed by atoms with Crippen molar-refractivity contribution >= 4 is 0 Å². The zero-order chi connectivity index (χ0) is 20.1. The lowest BCUT2D eigenvalue weighted by Gasteiger charge is -2.22. The highest BCUT2D eigenvalue weighted by Crippen LogP contribution is 2.26. The molecule has 29 heavy (non-hydrogen) atoms. The lowest BCUT2D eigenvalue weighted by Crippen LogP contribution is -2.25. The predicted octanol–water partition coefficient (Wildman–Crippen LogP) is 4.19. The number of aromatic nitrogens is 2. The zero-order valence-electron chi connectivity index (χ0n) is 16.4. The molecule has 6 nitrogen and oxygen atoms in total. The van der Waals surface area contributed by atoms with Crippen LogP contribution in [-0.4, -0.2) is 28.9 Å². The number of hydrogen-bond acceptors (Lipinski definition) is 5. The number of hydrogen-bond donors (Lipinski definition) is 0. The summed E-state index contributed by atoms with van der Waals surface area (Å²) in [4.78, 5) is 16.0. The normalized spacial score (nSPS) is 16.4. The van der Waals surface area contributed by atoms with Gasteiger partial charge in [-0.3, -0.25) is 4.79 Å². The molecular formula is C23H24N2O4. The fraction of sp³-hybridized carbons (Fsp3) is 0.304. The van der Waals surface area contributed by atoms with Crippen molar-refractivity contribution in [2.45, 2.75) is 25.4 Å². The highest BCUT2D eigenvalue weighted by atomic mass is 16.5. The Bertz CT molecular complexity index is 991. The van der Waals surface area contributed by atoms with Gasteiger partial charge in [0.05, 0.1) is 6.10 Å². The van der Waals surface area contributed by atoms with Gasteiger partial charge in [0.25, 0.3) is 5.88 Å². The van der Waals surface area contributed by atoms with Gasteiger partial charge in [-0.25, -0.2) is 4.98 Å². The van der Waals surface area contributed by atoms with E-state index in [4.69, 9.17) is 14.2 Å².